The molecule has 1 aromatic carbocycles. The number of rotatable bonds is 6. The lowest BCUT2D eigenvalue weighted by atomic mass is 9.97. The Labute approximate surface area is 125 Å². The number of para-hydroxylation sites is 2. The first kappa shape index (κ1) is 14.4. The maximum atomic E-state index is 5.05. The second kappa shape index (κ2) is 6.91. The number of aromatic nitrogens is 2. The highest BCUT2D eigenvalue weighted by atomic mass is 16.5. The fourth-order valence-electron chi connectivity index (χ4n) is 2.92. The third-order valence-electron chi connectivity index (χ3n) is 4.21. The molecule has 2 heterocycles. The first-order valence-electron chi connectivity index (χ1n) is 7.76. The largest absolute Gasteiger partial charge is 0.383 e. The Hall–Kier alpha value is -1.59. The number of piperidine rings is 1. The molecule has 1 saturated heterocycles. The van der Waals surface area contributed by atoms with E-state index in [2.05, 4.69) is 32.3 Å². The van der Waals surface area contributed by atoms with Crippen LogP contribution in [0.4, 0.5) is 5.95 Å². The van der Waals surface area contributed by atoms with Gasteiger partial charge in [0.15, 0.2) is 0 Å². The zero-order valence-electron chi connectivity index (χ0n) is 12.6. The number of fused-ring (bicyclic) bond motifs is 1. The molecule has 5 nitrogen and oxygen atoms in total. The van der Waals surface area contributed by atoms with Crippen LogP contribution in [0.1, 0.15) is 12.8 Å². The van der Waals surface area contributed by atoms with Gasteiger partial charge in [-0.25, -0.2) is 4.98 Å². The van der Waals surface area contributed by atoms with Crippen molar-refractivity contribution in [1.82, 2.24) is 15.3 Å². The second-order valence-corrected chi connectivity index (χ2v) is 5.70. The highest BCUT2D eigenvalue weighted by Gasteiger charge is 2.20. The molecule has 3 rings (SSSR count). The van der Waals surface area contributed by atoms with Crippen molar-refractivity contribution in [2.45, 2.75) is 12.8 Å². The van der Waals surface area contributed by atoms with E-state index in [-0.39, 0.29) is 0 Å². The molecule has 114 valence electrons. The van der Waals surface area contributed by atoms with Crippen LogP contribution in [0.15, 0.2) is 24.3 Å². The molecule has 1 fully saturated rings. The summed E-state index contributed by atoms with van der Waals surface area (Å²) in [5, 5.41) is 3.47. The number of methoxy groups -OCH3 is 1. The van der Waals surface area contributed by atoms with Gasteiger partial charge in [-0.05, 0) is 37.4 Å². The maximum absolute atomic E-state index is 5.05. The number of aromatic amines is 1. The van der Waals surface area contributed by atoms with E-state index in [1.165, 1.54) is 12.8 Å². The number of nitrogens with one attached hydrogen (secondary N) is 2. The SMILES string of the molecule is COCCNCC1CCN(c2nc3ccccc3[nH]2)CC1. The minimum atomic E-state index is 0.766. The molecule has 0 radical (unpaired) electrons. The molecule has 1 aliphatic rings. The Bertz CT molecular complexity index is 527. The number of nitrogens with zero attached hydrogens (tertiary/aromatic N) is 2. The summed E-state index contributed by atoms with van der Waals surface area (Å²) in [6.07, 6.45) is 2.44. The molecule has 0 aliphatic carbocycles. The van der Waals surface area contributed by atoms with Crippen molar-refractivity contribution in [3.8, 4) is 0 Å². The lowest BCUT2D eigenvalue weighted by molar-refractivity contribution is 0.196. The maximum Gasteiger partial charge on any atom is 0.203 e. The van der Waals surface area contributed by atoms with Crippen molar-refractivity contribution in [3.63, 3.8) is 0 Å². The number of ether oxygens (including phenoxy) is 1. The van der Waals surface area contributed by atoms with Gasteiger partial charge in [0, 0.05) is 26.7 Å². The van der Waals surface area contributed by atoms with Crippen LogP contribution in [0.25, 0.3) is 11.0 Å². The number of hydrogen-bond acceptors (Lipinski definition) is 4. The Morgan fingerprint density at radius 2 is 2.14 bits per heavy atom. The molecule has 5 heteroatoms. The standard InChI is InChI=1S/C16H24N4O/c1-21-11-8-17-12-13-6-9-20(10-7-13)16-18-14-4-2-3-5-15(14)19-16/h2-5,13,17H,6-12H2,1H3,(H,18,19). The first-order valence-corrected chi connectivity index (χ1v) is 7.76. The van der Waals surface area contributed by atoms with Crippen LogP contribution >= 0.6 is 0 Å². The molecular formula is C16H24N4O. The fourth-order valence-corrected chi connectivity index (χ4v) is 2.92. The normalized spacial score (nSPS) is 16.7. The number of imidazole rings is 1. The second-order valence-electron chi connectivity index (χ2n) is 5.70. The van der Waals surface area contributed by atoms with Crippen molar-refractivity contribution in [2.24, 2.45) is 5.92 Å². The zero-order chi connectivity index (χ0) is 14.5. The number of hydrogen-bond donors (Lipinski definition) is 2. The molecular weight excluding hydrogens is 264 g/mol. The van der Waals surface area contributed by atoms with Crippen LogP contribution in [0, 0.1) is 5.92 Å². The molecule has 2 aromatic rings. The van der Waals surface area contributed by atoms with E-state index >= 15 is 0 Å². The van der Waals surface area contributed by atoms with Gasteiger partial charge in [0.1, 0.15) is 0 Å². The smallest absolute Gasteiger partial charge is 0.203 e. The molecule has 0 amide bonds. The lowest BCUT2D eigenvalue weighted by Crippen LogP contribution is -2.38. The minimum Gasteiger partial charge on any atom is -0.383 e. The van der Waals surface area contributed by atoms with Crippen LogP contribution in [0.3, 0.4) is 0 Å². The van der Waals surface area contributed by atoms with Crippen LogP contribution in [0.5, 0.6) is 0 Å². The lowest BCUT2D eigenvalue weighted by Gasteiger charge is -2.31. The minimum absolute atomic E-state index is 0.766. The van der Waals surface area contributed by atoms with E-state index in [0.717, 1.165) is 55.7 Å². The van der Waals surface area contributed by atoms with Gasteiger partial charge in [0.25, 0.3) is 0 Å². The summed E-state index contributed by atoms with van der Waals surface area (Å²) in [6.45, 7) is 4.99. The van der Waals surface area contributed by atoms with E-state index in [9.17, 15) is 0 Å². The van der Waals surface area contributed by atoms with E-state index in [1.54, 1.807) is 7.11 Å². The van der Waals surface area contributed by atoms with Gasteiger partial charge in [-0.15, -0.1) is 0 Å². The summed E-state index contributed by atoms with van der Waals surface area (Å²) < 4.78 is 5.05. The molecule has 21 heavy (non-hydrogen) atoms. The Kier molecular flexibility index (Phi) is 4.72. The van der Waals surface area contributed by atoms with Gasteiger partial charge in [-0.1, -0.05) is 12.1 Å². The summed E-state index contributed by atoms with van der Waals surface area (Å²) in [5.41, 5.74) is 2.17. The van der Waals surface area contributed by atoms with E-state index in [0.29, 0.717) is 0 Å². The fraction of sp³-hybridized carbons (Fsp3) is 0.562. The molecule has 0 spiro atoms. The molecule has 2 N–H and O–H groups in total. The molecule has 0 unspecified atom stereocenters. The van der Waals surface area contributed by atoms with Crippen LogP contribution in [-0.4, -0.2) is 49.9 Å². The first-order chi connectivity index (χ1) is 10.4. The monoisotopic (exact) mass is 288 g/mol. The van der Waals surface area contributed by atoms with Gasteiger partial charge in [-0.3, -0.25) is 0 Å². The number of anilines is 1. The average molecular weight is 288 g/mol. The van der Waals surface area contributed by atoms with Crippen molar-refractivity contribution < 1.29 is 4.74 Å². The van der Waals surface area contributed by atoms with E-state index in [1.807, 2.05) is 12.1 Å². The number of H-pyrrole nitrogens is 1. The van der Waals surface area contributed by atoms with Gasteiger partial charge in [0.2, 0.25) is 5.95 Å². The molecule has 1 aliphatic heterocycles. The zero-order valence-corrected chi connectivity index (χ0v) is 12.6. The van der Waals surface area contributed by atoms with Gasteiger partial charge in [0.05, 0.1) is 17.6 Å². The third-order valence-corrected chi connectivity index (χ3v) is 4.21. The highest BCUT2D eigenvalue weighted by molar-refractivity contribution is 5.77. The summed E-state index contributed by atoms with van der Waals surface area (Å²) in [5.74, 6) is 1.78. The molecule has 0 bridgehead atoms. The van der Waals surface area contributed by atoms with E-state index in [4.69, 9.17) is 4.74 Å². The van der Waals surface area contributed by atoms with Gasteiger partial charge < -0.3 is 19.9 Å². The summed E-state index contributed by atoms with van der Waals surface area (Å²) >= 11 is 0. The topological polar surface area (TPSA) is 53.2 Å². The van der Waals surface area contributed by atoms with E-state index < -0.39 is 0 Å². The molecule has 1 aromatic heterocycles. The summed E-state index contributed by atoms with van der Waals surface area (Å²) in [7, 11) is 1.74. The third kappa shape index (κ3) is 3.54. The van der Waals surface area contributed by atoms with Crippen molar-refractivity contribution in [1.29, 1.82) is 0 Å². The Morgan fingerprint density at radius 3 is 2.90 bits per heavy atom. The summed E-state index contributed by atoms with van der Waals surface area (Å²) in [6, 6.07) is 8.22. The van der Waals surface area contributed by atoms with Crippen LogP contribution in [0.2, 0.25) is 0 Å². The predicted octanol–water partition coefficient (Wildman–Crippen LogP) is 2.02. The van der Waals surface area contributed by atoms with Crippen molar-refractivity contribution >= 4 is 17.0 Å². The predicted molar refractivity (Wildman–Crippen MR) is 85.8 cm³/mol. The average Bonchev–Trinajstić information content (AvgIpc) is 2.96. The van der Waals surface area contributed by atoms with Crippen LogP contribution in [-0.2, 0) is 4.74 Å². The summed E-state index contributed by atoms with van der Waals surface area (Å²) in [4.78, 5) is 10.5. The van der Waals surface area contributed by atoms with Gasteiger partial charge >= 0.3 is 0 Å². The van der Waals surface area contributed by atoms with Crippen molar-refractivity contribution in [2.75, 3.05) is 44.8 Å². The highest BCUT2D eigenvalue weighted by Crippen LogP contribution is 2.23. The number of benzene rings is 1. The quantitative estimate of drug-likeness (QED) is 0.799. The Morgan fingerprint density at radius 1 is 1.33 bits per heavy atom. The molecule has 0 atom stereocenters. The van der Waals surface area contributed by atoms with Crippen LogP contribution < -0.4 is 10.2 Å². The van der Waals surface area contributed by atoms with Crippen molar-refractivity contribution in [3.05, 3.63) is 24.3 Å². The molecule has 0 saturated carbocycles. The van der Waals surface area contributed by atoms with Gasteiger partial charge in [-0.2, -0.15) is 0 Å². The Balaban J connectivity index is 1.51.